The molecule has 1 amide bonds. The molecule has 2 atom stereocenters. The highest BCUT2D eigenvalue weighted by Crippen LogP contribution is 2.20. The third-order valence-electron chi connectivity index (χ3n) is 3.61. The molecule has 2 heterocycles. The van der Waals surface area contributed by atoms with Gasteiger partial charge in [0.2, 0.25) is 5.91 Å². The normalized spacial score (nSPS) is 21.5. The second-order valence-corrected chi connectivity index (χ2v) is 6.01. The van der Waals surface area contributed by atoms with Crippen molar-refractivity contribution in [1.29, 1.82) is 0 Å². The second-order valence-electron chi connectivity index (χ2n) is 5.03. The van der Waals surface area contributed by atoms with E-state index in [0.717, 1.165) is 36.9 Å². The van der Waals surface area contributed by atoms with Gasteiger partial charge in [-0.1, -0.05) is 6.07 Å². The van der Waals surface area contributed by atoms with E-state index in [-0.39, 0.29) is 11.8 Å². The minimum atomic E-state index is -0.0190. The van der Waals surface area contributed by atoms with Crippen molar-refractivity contribution in [3.8, 4) is 0 Å². The molecule has 1 aliphatic heterocycles. The molecule has 1 saturated heterocycles. The first-order valence-corrected chi connectivity index (χ1v) is 7.67. The van der Waals surface area contributed by atoms with Crippen LogP contribution in [-0.4, -0.2) is 25.5 Å². The van der Waals surface area contributed by atoms with Crippen molar-refractivity contribution < 1.29 is 4.79 Å². The lowest BCUT2D eigenvalue weighted by Gasteiger charge is -2.22. The molecule has 1 aromatic rings. The Balaban J connectivity index is 1.68. The van der Waals surface area contributed by atoms with E-state index < -0.39 is 0 Å². The second kappa shape index (κ2) is 6.90. The largest absolute Gasteiger partial charge is 0.356 e. The van der Waals surface area contributed by atoms with Crippen molar-refractivity contribution >= 4 is 17.2 Å². The molecule has 4 heteroatoms. The number of rotatable bonds is 5. The first-order chi connectivity index (χ1) is 8.77. The third kappa shape index (κ3) is 3.82. The highest BCUT2D eigenvalue weighted by Gasteiger charge is 2.17. The summed E-state index contributed by atoms with van der Waals surface area (Å²) < 4.78 is 0. The van der Waals surface area contributed by atoms with Gasteiger partial charge >= 0.3 is 0 Å². The lowest BCUT2D eigenvalue weighted by molar-refractivity contribution is -0.122. The van der Waals surface area contributed by atoms with Crippen molar-refractivity contribution in [2.45, 2.75) is 32.1 Å². The maximum Gasteiger partial charge on any atom is 0.228 e. The molecule has 0 spiro atoms. The van der Waals surface area contributed by atoms with Crippen molar-refractivity contribution in [2.75, 3.05) is 19.6 Å². The summed E-state index contributed by atoms with van der Waals surface area (Å²) in [5.41, 5.74) is 0. The van der Waals surface area contributed by atoms with Crippen molar-refractivity contribution in [1.82, 2.24) is 10.6 Å². The maximum atomic E-state index is 12.0. The molecule has 1 aromatic heterocycles. The van der Waals surface area contributed by atoms with Crippen LogP contribution in [0.4, 0.5) is 0 Å². The monoisotopic (exact) mass is 266 g/mol. The SMILES string of the molecule is CC(C(=O)NCCC1CCCNC1)c1cccs1. The van der Waals surface area contributed by atoms with Crippen molar-refractivity contribution in [2.24, 2.45) is 5.92 Å². The van der Waals surface area contributed by atoms with E-state index in [1.165, 1.54) is 12.8 Å². The highest BCUT2D eigenvalue weighted by molar-refractivity contribution is 7.10. The lowest BCUT2D eigenvalue weighted by atomic mass is 9.96. The molecule has 2 rings (SSSR count). The Morgan fingerprint density at radius 1 is 1.67 bits per heavy atom. The number of piperidine rings is 1. The first kappa shape index (κ1) is 13.6. The predicted molar refractivity (Wildman–Crippen MR) is 76.0 cm³/mol. The fourth-order valence-corrected chi connectivity index (χ4v) is 3.17. The Morgan fingerprint density at radius 3 is 3.22 bits per heavy atom. The molecule has 0 aromatic carbocycles. The van der Waals surface area contributed by atoms with E-state index in [1.54, 1.807) is 11.3 Å². The zero-order valence-electron chi connectivity index (χ0n) is 10.9. The number of hydrogen-bond acceptors (Lipinski definition) is 3. The third-order valence-corrected chi connectivity index (χ3v) is 4.67. The Morgan fingerprint density at radius 2 is 2.56 bits per heavy atom. The molecule has 0 radical (unpaired) electrons. The highest BCUT2D eigenvalue weighted by atomic mass is 32.1. The summed E-state index contributed by atoms with van der Waals surface area (Å²) in [5.74, 6) is 0.867. The van der Waals surface area contributed by atoms with Crippen LogP contribution in [0.5, 0.6) is 0 Å². The number of thiophene rings is 1. The van der Waals surface area contributed by atoms with Crippen LogP contribution in [0, 0.1) is 5.92 Å². The minimum Gasteiger partial charge on any atom is -0.356 e. The molecule has 1 fully saturated rings. The van der Waals surface area contributed by atoms with Gasteiger partial charge in [0.05, 0.1) is 5.92 Å². The average molecular weight is 266 g/mol. The molecule has 2 N–H and O–H groups in total. The van der Waals surface area contributed by atoms with Gasteiger partial charge in [-0.3, -0.25) is 4.79 Å². The molecule has 0 saturated carbocycles. The Kier molecular flexibility index (Phi) is 5.20. The fraction of sp³-hybridized carbons (Fsp3) is 0.643. The van der Waals surface area contributed by atoms with Crippen LogP contribution < -0.4 is 10.6 Å². The molecule has 0 aliphatic carbocycles. The van der Waals surface area contributed by atoms with Gasteiger partial charge in [-0.25, -0.2) is 0 Å². The van der Waals surface area contributed by atoms with Gasteiger partial charge in [-0.15, -0.1) is 11.3 Å². The summed E-state index contributed by atoms with van der Waals surface area (Å²) in [4.78, 5) is 13.1. The molecule has 3 nitrogen and oxygen atoms in total. The van der Waals surface area contributed by atoms with Gasteiger partial charge in [-0.2, -0.15) is 0 Å². The zero-order chi connectivity index (χ0) is 12.8. The quantitative estimate of drug-likeness (QED) is 0.859. The van der Waals surface area contributed by atoms with E-state index in [1.807, 2.05) is 24.4 Å². The maximum absolute atomic E-state index is 12.0. The van der Waals surface area contributed by atoms with Gasteiger partial charge < -0.3 is 10.6 Å². The Labute approximate surface area is 113 Å². The van der Waals surface area contributed by atoms with E-state index >= 15 is 0 Å². The summed E-state index contributed by atoms with van der Waals surface area (Å²) in [6, 6.07) is 4.03. The van der Waals surface area contributed by atoms with Crippen LogP contribution in [0.1, 0.15) is 37.0 Å². The van der Waals surface area contributed by atoms with Crippen molar-refractivity contribution in [3.05, 3.63) is 22.4 Å². The van der Waals surface area contributed by atoms with Crippen LogP contribution in [0.15, 0.2) is 17.5 Å². The average Bonchev–Trinajstić information content (AvgIpc) is 2.93. The number of hydrogen-bond donors (Lipinski definition) is 2. The van der Waals surface area contributed by atoms with Crippen LogP contribution in [0.3, 0.4) is 0 Å². The predicted octanol–water partition coefficient (Wildman–Crippen LogP) is 2.36. The number of nitrogens with one attached hydrogen (secondary N) is 2. The van der Waals surface area contributed by atoms with Gasteiger partial charge in [0.25, 0.3) is 0 Å². The molecule has 100 valence electrons. The van der Waals surface area contributed by atoms with Gasteiger partial charge in [0.1, 0.15) is 0 Å². The van der Waals surface area contributed by atoms with Crippen LogP contribution in [-0.2, 0) is 4.79 Å². The fourth-order valence-electron chi connectivity index (χ4n) is 2.39. The van der Waals surface area contributed by atoms with Gasteiger partial charge in [-0.05, 0) is 56.6 Å². The van der Waals surface area contributed by atoms with Crippen LogP contribution in [0.25, 0.3) is 0 Å². The molecule has 2 unspecified atom stereocenters. The van der Waals surface area contributed by atoms with Crippen LogP contribution in [0.2, 0.25) is 0 Å². The van der Waals surface area contributed by atoms with E-state index in [0.29, 0.717) is 0 Å². The Bertz CT molecular complexity index is 358. The lowest BCUT2D eigenvalue weighted by Crippen LogP contribution is -2.34. The van der Waals surface area contributed by atoms with E-state index in [2.05, 4.69) is 10.6 Å². The van der Waals surface area contributed by atoms with Crippen molar-refractivity contribution in [3.63, 3.8) is 0 Å². The number of amides is 1. The van der Waals surface area contributed by atoms with Crippen LogP contribution >= 0.6 is 11.3 Å². The van der Waals surface area contributed by atoms with Gasteiger partial charge in [0.15, 0.2) is 0 Å². The summed E-state index contributed by atoms with van der Waals surface area (Å²) in [7, 11) is 0. The molecular formula is C14H22N2OS. The number of carbonyl (C=O) groups is 1. The topological polar surface area (TPSA) is 41.1 Å². The molecular weight excluding hydrogens is 244 g/mol. The van der Waals surface area contributed by atoms with E-state index in [4.69, 9.17) is 0 Å². The van der Waals surface area contributed by atoms with Gasteiger partial charge in [0, 0.05) is 11.4 Å². The van der Waals surface area contributed by atoms with E-state index in [9.17, 15) is 4.79 Å². The summed E-state index contributed by atoms with van der Waals surface area (Å²) >= 11 is 1.65. The first-order valence-electron chi connectivity index (χ1n) is 6.79. The zero-order valence-corrected chi connectivity index (χ0v) is 11.8. The summed E-state index contributed by atoms with van der Waals surface area (Å²) in [5, 5.41) is 8.49. The Hall–Kier alpha value is -0.870. The smallest absolute Gasteiger partial charge is 0.228 e. The molecule has 18 heavy (non-hydrogen) atoms. The molecule has 1 aliphatic rings. The molecule has 0 bridgehead atoms. The summed E-state index contributed by atoms with van der Waals surface area (Å²) in [6.07, 6.45) is 3.66. The summed E-state index contributed by atoms with van der Waals surface area (Å²) in [6.45, 7) is 5.04. The minimum absolute atomic E-state index is 0.0190. The number of carbonyl (C=O) groups excluding carboxylic acids is 1. The standard InChI is InChI=1S/C14H22N2OS/c1-11(13-5-3-9-18-13)14(17)16-8-6-12-4-2-7-15-10-12/h3,5,9,11-12,15H,2,4,6-8,10H2,1H3,(H,16,17).